The van der Waals surface area contributed by atoms with Crippen molar-refractivity contribution in [1.82, 2.24) is 5.32 Å². The Morgan fingerprint density at radius 2 is 1.15 bits per heavy atom. The largest absolute Gasteiger partial charge is 0.459 e. The molecule has 1 fully saturated rings. The van der Waals surface area contributed by atoms with Crippen molar-refractivity contribution >= 4 is 43.0 Å². The van der Waals surface area contributed by atoms with Crippen molar-refractivity contribution in [1.29, 1.82) is 0 Å². The maximum Gasteiger partial charge on any atom is 0.327 e. The highest BCUT2D eigenvalue weighted by molar-refractivity contribution is 7.74. The van der Waals surface area contributed by atoms with Gasteiger partial charge in [-0.2, -0.15) is 0 Å². The number of hydrogen-bond donors (Lipinski definition) is 1. The van der Waals surface area contributed by atoms with Crippen LogP contribution in [0, 0.1) is 0 Å². The molecule has 0 aromatic heterocycles. The molecule has 1 N–H and O–H groups in total. The molecule has 1 aliphatic rings. The molecule has 2 atom stereocenters. The molecule has 5 heteroatoms. The van der Waals surface area contributed by atoms with E-state index >= 15 is 0 Å². The van der Waals surface area contributed by atoms with Gasteiger partial charge in [0.15, 0.2) is 0 Å². The highest BCUT2D eigenvalue weighted by Crippen LogP contribution is 2.49. The van der Waals surface area contributed by atoms with Gasteiger partial charge in [-0.15, -0.1) is 0 Å². The first-order valence-electron chi connectivity index (χ1n) is 13.6. The lowest BCUT2D eigenvalue weighted by molar-refractivity contribution is -0.161. The van der Waals surface area contributed by atoms with Crippen molar-refractivity contribution in [3.05, 3.63) is 121 Å². The Bertz CT molecular complexity index is 1260. The molecule has 3 nitrogen and oxygen atoms in total. The lowest BCUT2D eigenvalue weighted by Gasteiger charge is -2.35. The third-order valence-corrected chi connectivity index (χ3v) is 12.6. The summed E-state index contributed by atoms with van der Waals surface area (Å²) in [6.45, 7) is 6.66. The minimum atomic E-state index is -0.787. The van der Waals surface area contributed by atoms with E-state index in [1.54, 1.807) is 0 Å². The van der Waals surface area contributed by atoms with Crippen LogP contribution in [-0.4, -0.2) is 35.5 Å². The summed E-state index contributed by atoms with van der Waals surface area (Å²) >= 11 is 0. The highest BCUT2D eigenvalue weighted by Gasteiger charge is 2.51. The molecule has 2 unspecified atom stereocenters. The number of rotatable bonds is 8. The topological polar surface area (TPSA) is 38.3 Å². The standard InChI is InChI=1S/C34H37NO2P2/c1-33(2,3)37-32(36)34(26-38(27-16-8-4-9-17-27)28-18-10-5-11-19-28)24-31(25-35-34)39(29-20-12-6-13-21-29)30-22-14-7-15-23-30/h4-23,31,35H,24-26H2,1-3H3. The van der Waals surface area contributed by atoms with E-state index in [0.717, 1.165) is 13.0 Å². The van der Waals surface area contributed by atoms with Crippen molar-refractivity contribution in [3.63, 3.8) is 0 Å². The van der Waals surface area contributed by atoms with Gasteiger partial charge < -0.3 is 10.1 Å². The molecule has 0 bridgehead atoms. The second-order valence-electron chi connectivity index (χ2n) is 11.1. The number of esters is 1. The minimum absolute atomic E-state index is 0.132. The van der Waals surface area contributed by atoms with E-state index in [4.69, 9.17) is 4.74 Å². The molecule has 0 amide bonds. The molecule has 4 aromatic rings. The summed E-state index contributed by atoms with van der Waals surface area (Å²) in [6.07, 6.45) is 1.45. The van der Waals surface area contributed by atoms with Gasteiger partial charge in [0.05, 0.1) is 0 Å². The SMILES string of the molecule is CC(C)(C)OC(=O)C1(CP(c2ccccc2)c2ccccc2)CC(P(c2ccccc2)c2ccccc2)CN1. The van der Waals surface area contributed by atoms with E-state index < -0.39 is 27.0 Å². The Morgan fingerprint density at radius 3 is 1.56 bits per heavy atom. The summed E-state index contributed by atoms with van der Waals surface area (Å²) in [6, 6.07) is 43.0. The molecule has 5 rings (SSSR count). The Morgan fingerprint density at radius 1 is 0.744 bits per heavy atom. The number of carbonyl (C=O) groups excluding carboxylic acids is 1. The molecular weight excluding hydrogens is 516 g/mol. The lowest BCUT2D eigenvalue weighted by Crippen LogP contribution is -2.54. The molecule has 39 heavy (non-hydrogen) atoms. The van der Waals surface area contributed by atoms with E-state index in [9.17, 15) is 4.79 Å². The van der Waals surface area contributed by atoms with Crippen LogP contribution in [-0.2, 0) is 9.53 Å². The fraction of sp³-hybridized carbons (Fsp3) is 0.265. The molecule has 0 aliphatic carbocycles. The lowest BCUT2D eigenvalue weighted by atomic mass is 9.99. The Kier molecular flexibility index (Phi) is 8.63. The van der Waals surface area contributed by atoms with Gasteiger partial charge in [-0.3, -0.25) is 4.79 Å². The molecule has 1 aliphatic heterocycles. The minimum Gasteiger partial charge on any atom is -0.459 e. The van der Waals surface area contributed by atoms with Crippen LogP contribution in [0.15, 0.2) is 121 Å². The summed E-state index contributed by atoms with van der Waals surface area (Å²) in [4.78, 5) is 14.2. The number of ether oxygens (including phenoxy) is 1. The Hall–Kier alpha value is -2.83. The second kappa shape index (κ2) is 12.1. The molecule has 1 saturated heterocycles. The van der Waals surface area contributed by atoms with Gasteiger partial charge in [0.2, 0.25) is 0 Å². The molecule has 200 valence electrons. The average Bonchev–Trinajstić information content (AvgIpc) is 3.38. The van der Waals surface area contributed by atoms with Gasteiger partial charge in [0.25, 0.3) is 0 Å². The van der Waals surface area contributed by atoms with E-state index in [1.807, 2.05) is 20.8 Å². The van der Waals surface area contributed by atoms with Crippen LogP contribution >= 0.6 is 15.8 Å². The first-order chi connectivity index (χ1) is 18.8. The first kappa shape index (κ1) is 27.7. The average molecular weight is 554 g/mol. The number of nitrogens with one attached hydrogen (secondary N) is 1. The van der Waals surface area contributed by atoms with Crippen molar-refractivity contribution in [2.24, 2.45) is 0 Å². The first-order valence-corrected chi connectivity index (χ1v) is 16.5. The summed E-state index contributed by atoms with van der Waals surface area (Å²) in [5, 5.41) is 9.04. The molecule has 0 saturated carbocycles. The number of carbonyl (C=O) groups is 1. The summed E-state index contributed by atoms with van der Waals surface area (Å²) in [5.74, 6) is -0.132. The second-order valence-corrected chi connectivity index (χ2v) is 15.8. The summed E-state index contributed by atoms with van der Waals surface area (Å²) in [5.41, 5.74) is -1.02. The van der Waals surface area contributed by atoms with Crippen molar-refractivity contribution in [2.45, 2.75) is 44.0 Å². The van der Waals surface area contributed by atoms with Gasteiger partial charge in [-0.1, -0.05) is 121 Å². The van der Waals surface area contributed by atoms with E-state index in [0.29, 0.717) is 11.8 Å². The summed E-state index contributed by atoms with van der Waals surface area (Å²) < 4.78 is 6.15. The summed E-state index contributed by atoms with van der Waals surface area (Å²) in [7, 11) is -1.45. The molecule has 4 aromatic carbocycles. The quantitative estimate of drug-likeness (QED) is 0.225. The zero-order valence-electron chi connectivity index (χ0n) is 23.0. The third-order valence-electron chi connectivity index (χ3n) is 7.05. The zero-order chi connectivity index (χ0) is 27.3. The Balaban J connectivity index is 1.55. The van der Waals surface area contributed by atoms with E-state index in [-0.39, 0.29) is 5.97 Å². The van der Waals surface area contributed by atoms with Crippen LogP contribution in [0.5, 0.6) is 0 Å². The number of hydrogen-bond acceptors (Lipinski definition) is 3. The van der Waals surface area contributed by atoms with Crippen molar-refractivity contribution in [2.75, 3.05) is 12.7 Å². The molecule has 0 radical (unpaired) electrons. The van der Waals surface area contributed by atoms with Gasteiger partial charge >= 0.3 is 5.97 Å². The van der Waals surface area contributed by atoms with Crippen LogP contribution < -0.4 is 26.5 Å². The zero-order valence-corrected chi connectivity index (χ0v) is 24.7. The smallest absolute Gasteiger partial charge is 0.327 e. The molecular formula is C34H37NO2P2. The van der Waals surface area contributed by atoms with Crippen LogP contribution in [0.3, 0.4) is 0 Å². The van der Waals surface area contributed by atoms with Gasteiger partial charge in [-0.25, -0.2) is 0 Å². The highest BCUT2D eigenvalue weighted by atomic mass is 31.1. The normalized spacial score (nSPS) is 19.4. The predicted octanol–water partition coefficient (Wildman–Crippen LogP) is 5.69. The van der Waals surface area contributed by atoms with Gasteiger partial charge in [0.1, 0.15) is 11.1 Å². The maximum absolute atomic E-state index is 14.2. The van der Waals surface area contributed by atoms with E-state index in [2.05, 4.69) is 127 Å². The van der Waals surface area contributed by atoms with Gasteiger partial charge in [0, 0.05) is 18.4 Å². The van der Waals surface area contributed by atoms with Crippen LogP contribution in [0.4, 0.5) is 0 Å². The van der Waals surface area contributed by atoms with Gasteiger partial charge in [-0.05, 0) is 64.3 Å². The predicted molar refractivity (Wildman–Crippen MR) is 168 cm³/mol. The molecule has 0 spiro atoms. The van der Waals surface area contributed by atoms with Crippen molar-refractivity contribution in [3.8, 4) is 0 Å². The monoisotopic (exact) mass is 553 g/mol. The van der Waals surface area contributed by atoms with Crippen LogP contribution in [0.2, 0.25) is 0 Å². The Labute approximate surface area is 235 Å². The fourth-order valence-corrected chi connectivity index (χ4v) is 10.9. The fourth-order valence-electron chi connectivity index (χ4n) is 5.32. The number of benzene rings is 4. The van der Waals surface area contributed by atoms with Crippen LogP contribution in [0.25, 0.3) is 0 Å². The third kappa shape index (κ3) is 6.67. The maximum atomic E-state index is 14.2. The molecule has 1 heterocycles. The van der Waals surface area contributed by atoms with E-state index in [1.165, 1.54) is 21.2 Å². The van der Waals surface area contributed by atoms with Crippen LogP contribution in [0.1, 0.15) is 27.2 Å². The van der Waals surface area contributed by atoms with Crippen molar-refractivity contribution < 1.29 is 9.53 Å².